The van der Waals surface area contributed by atoms with Gasteiger partial charge in [0.15, 0.2) is 11.5 Å². The van der Waals surface area contributed by atoms with Crippen molar-refractivity contribution < 1.29 is 19.4 Å². The number of aromatic carboxylic acids is 1. The van der Waals surface area contributed by atoms with Gasteiger partial charge in [0.2, 0.25) is 0 Å². The minimum absolute atomic E-state index is 0.153. The van der Waals surface area contributed by atoms with Crippen molar-refractivity contribution in [3.05, 3.63) is 94.5 Å². The van der Waals surface area contributed by atoms with E-state index in [1.807, 2.05) is 54.6 Å². The number of carboxylic acids is 1. The number of hydrogen-bond acceptors (Lipinski definition) is 3. The van der Waals surface area contributed by atoms with Crippen LogP contribution in [-0.2, 0) is 13.0 Å². The van der Waals surface area contributed by atoms with E-state index in [9.17, 15) is 9.90 Å². The van der Waals surface area contributed by atoms with Crippen LogP contribution in [0.5, 0.6) is 11.5 Å². The monoisotopic (exact) mass is 382 g/mol. The molecule has 0 saturated carbocycles. The fourth-order valence-electron chi connectivity index (χ4n) is 2.58. The molecule has 0 spiro atoms. The van der Waals surface area contributed by atoms with E-state index in [0.29, 0.717) is 36.2 Å². The van der Waals surface area contributed by atoms with Crippen molar-refractivity contribution in [2.24, 2.45) is 0 Å². The van der Waals surface area contributed by atoms with Crippen molar-refractivity contribution in [1.82, 2.24) is 0 Å². The molecule has 0 unspecified atom stereocenters. The molecule has 0 aliphatic carbocycles. The Morgan fingerprint density at radius 3 is 2.37 bits per heavy atom. The number of ether oxygens (including phenoxy) is 2. The molecule has 0 amide bonds. The average molecular weight is 383 g/mol. The molecule has 0 heterocycles. The van der Waals surface area contributed by atoms with E-state index in [-0.39, 0.29) is 5.56 Å². The average Bonchev–Trinajstić information content (AvgIpc) is 2.67. The summed E-state index contributed by atoms with van der Waals surface area (Å²) in [7, 11) is 0. The molecule has 3 aromatic carbocycles. The first-order chi connectivity index (χ1) is 13.1. The Morgan fingerprint density at radius 2 is 1.63 bits per heavy atom. The number of hydrogen-bond donors (Lipinski definition) is 1. The van der Waals surface area contributed by atoms with Gasteiger partial charge in [-0.15, -0.1) is 0 Å². The molecular formula is C22H19ClO4. The van der Waals surface area contributed by atoms with Crippen molar-refractivity contribution >= 4 is 17.6 Å². The summed E-state index contributed by atoms with van der Waals surface area (Å²) in [6, 6.07) is 21.9. The molecule has 0 fully saturated rings. The highest BCUT2D eigenvalue weighted by Gasteiger charge is 2.11. The fraction of sp³-hybridized carbons (Fsp3) is 0.136. The van der Waals surface area contributed by atoms with Gasteiger partial charge in [0.25, 0.3) is 0 Å². The third-order valence-corrected chi connectivity index (χ3v) is 4.20. The maximum atomic E-state index is 11.3. The van der Waals surface area contributed by atoms with Gasteiger partial charge >= 0.3 is 5.97 Å². The maximum absolute atomic E-state index is 11.3. The van der Waals surface area contributed by atoms with Crippen LogP contribution in [0, 0.1) is 0 Å². The Hall–Kier alpha value is -2.98. The van der Waals surface area contributed by atoms with Gasteiger partial charge in [0.05, 0.1) is 12.2 Å². The zero-order chi connectivity index (χ0) is 19.1. The van der Waals surface area contributed by atoms with Crippen LogP contribution in [0.3, 0.4) is 0 Å². The lowest BCUT2D eigenvalue weighted by molar-refractivity contribution is 0.0696. The molecular weight excluding hydrogens is 364 g/mol. The Balaban J connectivity index is 1.70. The molecule has 27 heavy (non-hydrogen) atoms. The molecule has 0 atom stereocenters. The van der Waals surface area contributed by atoms with Gasteiger partial charge in [-0.05, 0) is 41.5 Å². The van der Waals surface area contributed by atoms with E-state index in [1.54, 1.807) is 6.07 Å². The fourth-order valence-corrected chi connectivity index (χ4v) is 2.79. The van der Waals surface area contributed by atoms with E-state index >= 15 is 0 Å². The molecule has 0 aliphatic rings. The minimum atomic E-state index is -1.01. The van der Waals surface area contributed by atoms with E-state index in [0.717, 1.165) is 11.1 Å². The Bertz CT molecular complexity index is 909. The van der Waals surface area contributed by atoms with Crippen molar-refractivity contribution in [3.63, 3.8) is 0 Å². The van der Waals surface area contributed by atoms with Crippen LogP contribution in [0.1, 0.15) is 21.5 Å². The molecule has 138 valence electrons. The van der Waals surface area contributed by atoms with Crippen LogP contribution in [0.25, 0.3) is 0 Å². The maximum Gasteiger partial charge on any atom is 0.335 e. The molecule has 0 saturated heterocycles. The van der Waals surface area contributed by atoms with Gasteiger partial charge in [-0.2, -0.15) is 0 Å². The number of carbonyl (C=O) groups is 1. The van der Waals surface area contributed by atoms with Crippen LogP contribution in [0.4, 0.5) is 0 Å². The van der Waals surface area contributed by atoms with Gasteiger partial charge in [-0.3, -0.25) is 0 Å². The summed E-state index contributed by atoms with van der Waals surface area (Å²) in [5.41, 5.74) is 2.22. The summed E-state index contributed by atoms with van der Waals surface area (Å²) in [5, 5.41) is 9.90. The smallest absolute Gasteiger partial charge is 0.335 e. The van der Waals surface area contributed by atoms with Crippen LogP contribution in [0.2, 0.25) is 5.02 Å². The van der Waals surface area contributed by atoms with E-state index < -0.39 is 5.97 Å². The largest absolute Gasteiger partial charge is 0.489 e. The number of rotatable bonds is 8. The van der Waals surface area contributed by atoms with Crippen molar-refractivity contribution in [1.29, 1.82) is 0 Å². The molecule has 0 aromatic heterocycles. The second kappa shape index (κ2) is 9.10. The first kappa shape index (κ1) is 18.8. The van der Waals surface area contributed by atoms with Crippen molar-refractivity contribution in [2.75, 3.05) is 6.61 Å². The summed E-state index contributed by atoms with van der Waals surface area (Å²) in [4.78, 5) is 11.3. The standard InChI is InChI=1S/C22H19ClO4/c23-19-8-4-7-16(13-19)11-12-26-21-14-18(22(24)25)9-10-20(21)27-15-17-5-2-1-3-6-17/h1-10,13-14H,11-12,15H2,(H,24,25). The van der Waals surface area contributed by atoms with E-state index in [4.69, 9.17) is 21.1 Å². The van der Waals surface area contributed by atoms with Gasteiger partial charge < -0.3 is 14.6 Å². The van der Waals surface area contributed by atoms with Gasteiger partial charge in [0, 0.05) is 11.4 Å². The lowest BCUT2D eigenvalue weighted by Crippen LogP contribution is -2.06. The first-order valence-corrected chi connectivity index (χ1v) is 8.91. The van der Waals surface area contributed by atoms with E-state index in [2.05, 4.69) is 0 Å². The highest BCUT2D eigenvalue weighted by atomic mass is 35.5. The van der Waals surface area contributed by atoms with Crippen molar-refractivity contribution in [3.8, 4) is 11.5 Å². The predicted octanol–water partition coefficient (Wildman–Crippen LogP) is 5.24. The first-order valence-electron chi connectivity index (χ1n) is 8.53. The van der Waals surface area contributed by atoms with Gasteiger partial charge in [-0.25, -0.2) is 4.79 Å². The zero-order valence-electron chi connectivity index (χ0n) is 14.6. The van der Waals surface area contributed by atoms with Crippen LogP contribution in [-0.4, -0.2) is 17.7 Å². The molecule has 0 radical (unpaired) electrons. The van der Waals surface area contributed by atoms with Gasteiger partial charge in [-0.1, -0.05) is 54.1 Å². The normalized spacial score (nSPS) is 10.4. The van der Waals surface area contributed by atoms with Crippen molar-refractivity contribution in [2.45, 2.75) is 13.0 Å². The Labute approximate surface area is 162 Å². The summed E-state index contributed by atoms with van der Waals surface area (Å²) < 4.78 is 11.7. The number of carboxylic acid groups (broad SMARTS) is 1. The number of benzene rings is 3. The second-order valence-electron chi connectivity index (χ2n) is 5.97. The zero-order valence-corrected chi connectivity index (χ0v) is 15.4. The lowest BCUT2D eigenvalue weighted by atomic mass is 10.1. The summed E-state index contributed by atoms with van der Waals surface area (Å²) in [6.45, 7) is 0.753. The van der Waals surface area contributed by atoms with Crippen LogP contribution in [0.15, 0.2) is 72.8 Å². The lowest BCUT2D eigenvalue weighted by Gasteiger charge is -2.14. The summed E-state index contributed by atoms with van der Waals surface area (Å²) in [6.07, 6.45) is 0.649. The summed E-state index contributed by atoms with van der Waals surface area (Å²) >= 11 is 6.00. The topological polar surface area (TPSA) is 55.8 Å². The number of halogens is 1. The minimum Gasteiger partial charge on any atom is -0.489 e. The van der Waals surface area contributed by atoms with Gasteiger partial charge in [0.1, 0.15) is 6.61 Å². The van der Waals surface area contributed by atoms with E-state index in [1.165, 1.54) is 12.1 Å². The van der Waals surface area contributed by atoms with Crippen LogP contribution >= 0.6 is 11.6 Å². The SMILES string of the molecule is O=C(O)c1ccc(OCc2ccccc2)c(OCCc2cccc(Cl)c2)c1. The molecule has 3 aromatic rings. The quantitative estimate of drug-likeness (QED) is 0.579. The molecule has 5 heteroatoms. The predicted molar refractivity (Wildman–Crippen MR) is 105 cm³/mol. The molecule has 0 aliphatic heterocycles. The molecule has 4 nitrogen and oxygen atoms in total. The second-order valence-corrected chi connectivity index (χ2v) is 6.41. The Kier molecular flexibility index (Phi) is 6.34. The molecule has 1 N–H and O–H groups in total. The molecule has 3 rings (SSSR count). The summed E-state index contributed by atoms with van der Waals surface area (Å²) in [5.74, 6) is -0.0906. The highest BCUT2D eigenvalue weighted by Crippen LogP contribution is 2.29. The van der Waals surface area contributed by atoms with Crippen LogP contribution < -0.4 is 9.47 Å². The highest BCUT2D eigenvalue weighted by molar-refractivity contribution is 6.30. The molecule has 0 bridgehead atoms. The third-order valence-electron chi connectivity index (χ3n) is 3.97. The Morgan fingerprint density at radius 1 is 0.852 bits per heavy atom. The third kappa shape index (κ3) is 5.50.